The Morgan fingerprint density at radius 3 is 2.62 bits per heavy atom. The summed E-state index contributed by atoms with van der Waals surface area (Å²) < 4.78 is 0. The van der Waals surface area contributed by atoms with Gasteiger partial charge in [0.15, 0.2) is 0 Å². The molecule has 0 amide bonds. The summed E-state index contributed by atoms with van der Waals surface area (Å²) in [6, 6.07) is 2.46. The zero-order valence-corrected chi connectivity index (χ0v) is 11.6. The molecule has 2 rings (SSSR count). The van der Waals surface area contributed by atoms with Gasteiger partial charge in [0.05, 0.1) is 5.02 Å². The van der Waals surface area contributed by atoms with Gasteiger partial charge in [0, 0.05) is 10.9 Å². The first-order chi connectivity index (χ1) is 7.73. The van der Waals surface area contributed by atoms with Gasteiger partial charge in [-0.05, 0) is 43.2 Å². The Bertz CT molecular complexity index is 341. The van der Waals surface area contributed by atoms with Gasteiger partial charge < -0.3 is 5.32 Å². The predicted octanol–water partition coefficient (Wildman–Crippen LogP) is 4.63. The zero-order chi connectivity index (χ0) is 11.6. The summed E-state index contributed by atoms with van der Waals surface area (Å²) in [5.41, 5.74) is 0.434. The lowest BCUT2D eigenvalue weighted by atomic mass is 9.75. The van der Waals surface area contributed by atoms with Gasteiger partial charge in [-0.3, -0.25) is 0 Å². The minimum atomic E-state index is 0.434. The highest BCUT2D eigenvalue weighted by atomic mass is 35.5. The molecule has 1 saturated carbocycles. The first-order valence-corrected chi connectivity index (χ1v) is 7.39. The quantitative estimate of drug-likeness (QED) is 0.829. The molecule has 1 aliphatic carbocycles. The zero-order valence-electron chi connectivity index (χ0n) is 10.1. The van der Waals surface area contributed by atoms with E-state index in [4.69, 9.17) is 11.6 Å². The van der Waals surface area contributed by atoms with E-state index in [1.807, 2.05) is 6.07 Å². The molecule has 0 aromatic carbocycles. The van der Waals surface area contributed by atoms with Gasteiger partial charge in [0.2, 0.25) is 0 Å². The Labute approximate surface area is 107 Å². The van der Waals surface area contributed by atoms with E-state index in [0.29, 0.717) is 11.5 Å². The molecule has 1 fully saturated rings. The van der Waals surface area contributed by atoms with Crippen LogP contribution in [0.25, 0.3) is 0 Å². The van der Waals surface area contributed by atoms with Crippen LogP contribution in [0.5, 0.6) is 0 Å². The van der Waals surface area contributed by atoms with Crippen LogP contribution < -0.4 is 5.32 Å². The van der Waals surface area contributed by atoms with Crippen molar-refractivity contribution in [2.45, 2.75) is 45.1 Å². The lowest BCUT2D eigenvalue weighted by molar-refractivity contribution is 0.198. The van der Waals surface area contributed by atoms with Gasteiger partial charge in [0.25, 0.3) is 0 Å². The number of nitrogens with one attached hydrogen (secondary N) is 1. The molecule has 1 aromatic heterocycles. The molecule has 0 radical (unpaired) electrons. The fourth-order valence-electron chi connectivity index (χ4n) is 3.15. The summed E-state index contributed by atoms with van der Waals surface area (Å²) in [5, 5.41) is 6.54. The second kappa shape index (κ2) is 5.07. The highest BCUT2D eigenvalue weighted by molar-refractivity contribution is 7.10. The van der Waals surface area contributed by atoms with E-state index in [1.165, 1.54) is 37.0 Å². The van der Waals surface area contributed by atoms with E-state index < -0.39 is 0 Å². The maximum Gasteiger partial charge on any atom is 0.0561 e. The monoisotopic (exact) mass is 257 g/mol. The summed E-state index contributed by atoms with van der Waals surface area (Å²) in [5.74, 6) is 0. The third kappa shape index (κ3) is 2.03. The molecule has 3 heteroatoms. The van der Waals surface area contributed by atoms with E-state index in [9.17, 15) is 0 Å². The Hall–Kier alpha value is -0.0500. The lowest BCUT2D eigenvalue weighted by Gasteiger charge is -2.36. The Morgan fingerprint density at radius 1 is 1.50 bits per heavy atom. The molecule has 0 aliphatic heterocycles. The van der Waals surface area contributed by atoms with Crippen molar-refractivity contribution in [3.8, 4) is 0 Å². The lowest BCUT2D eigenvalue weighted by Crippen LogP contribution is -2.33. The molecule has 1 heterocycles. The fraction of sp³-hybridized carbons (Fsp3) is 0.692. The molecule has 1 aliphatic rings. The number of hydrogen-bond acceptors (Lipinski definition) is 2. The average Bonchev–Trinajstić information content (AvgIpc) is 2.91. The van der Waals surface area contributed by atoms with Crippen LogP contribution in [0.4, 0.5) is 0 Å². The van der Waals surface area contributed by atoms with Crippen molar-refractivity contribution in [2.24, 2.45) is 5.41 Å². The molecule has 90 valence electrons. The molecule has 0 bridgehead atoms. The molecule has 0 saturated heterocycles. The minimum Gasteiger partial charge on any atom is -0.312 e. The highest BCUT2D eigenvalue weighted by Gasteiger charge is 2.40. The standard InChI is InChI=1S/C13H20ClNS/c1-3-13(7-4-5-8-13)12(15-2)11-10(14)6-9-16-11/h6,9,12,15H,3-5,7-8H2,1-2H3. The van der Waals surface area contributed by atoms with Crippen LogP contribution in [0.2, 0.25) is 5.02 Å². The maximum atomic E-state index is 6.28. The Balaban J connectivity index is 2.31. The van der Waals surface area contributed by atoms with Gasteiger partial charge in [-0.1, -0.05) is 31.4 Å². The summed E-state index contributed by atoms with van der Waals surface area (Å²) in [4.78, 5) is 1.33. The summed E-state index contributed by atoms with van der Waals surface area (Å²) in [7, 11) is 2.07. The van der Waals surface area contributed by atoms with Crippen LogP contribution in [0, 0.1) is 5.41 Å². The predicted molar refractivity (Wildman–Crippen MR) is 72.3 cm³/mol. The van der Waals surface area contributed by atoms with Crippen molar-refractivity contribution in [3.63, 3.8) is 0 Å². The topological polar surface area (TPSA) is 12.0 Å². The SMILES string of the molecule is CCC1(C(NC)c2sccc2Cl)CCCC1. The third-order valence-electron chi connectivity index (χ3n) is 4.11. The first-order valence-electron chi connectivity index (χ1n) is 6.13. The number of rotatable bonds is 4. The van der Waals surface area contributed by atoms with Crippen molar-refractivity contribution < 1.29 is 0 Å². The third-order valence-corrected chi connectivity index (χ3v) is 5.53. The average molecular weight is 258 g/mol. The summed E-state index contributed by atoms with van der Waals surface area (Å²) in [6.45, 7) is 2.32. The van der Waals surface area contributed by atoms with Crippen LogP contribution in [0.3, 0.4) is 0 Å². The van der Waals surface area contributed by atoms with Gasteiger partial charge >= 0.3 is 0 Å². The molecule has 1 unspecified atom stereocenters. The van der Waals surface area contributed by atoms with E-state index in [0.717, 1.165) is 5.02 Å². The van der Waals surface area contributed by atoms with Gasteiger partial charge in [0.1, 0.15) is 0 Å². The maximum absolute atomic E-state index is 6.28. The molecule has 1 atom stereocenters. The Kier molecular flexibility index (Phi) is 3.93. The van der Waals surface area contributed by atoms with Gasteiger partial charge in [-0.2, -0.15) is 0 Å². The van der Waals surface area contributed by atoms with Crippen molar-refractivity contribution in [2.75, 3.05) is 7.05 Å². The van der Waals surface area contributed by atoms with E-state index >= 15 is 0 Å². The number of halogens is 1. The molecule has 0 spiro atoms. The molecule has 1 N–H and O–H groups in total. The van der Waals surface area contributed by atoms with Crippen molar-refractivity contribution in [1.82, 2.24) is 5.32 Å². The molecule has 16 heavy (non-hydrogen) atoms. The number of hydrogen-bond donors (Lipinski definition) is 1. The van der Waals surface area contributed by atoms with Crippen molar-refractivity contribution >= 4 is 22.9 Å². The number of thiophene rings is 1. The minimum absolute atomic E-state index is 0.434. The van der Waals surface area contributed by atoms with Gasteiger partial charge in [-0.25, -0.2) is 0 Å². The van der Waals surface area contributed by atoms with E-state index in [-0.39, 0.29) is 0 Å². The van der Waals surface area contributed by atoms with E-state index in [2.05, 4.69) is 24.7 Å². The molecular weight excluding hydrogens is 238 g/mol. The highest BCUT2D eigenvalue weighted by Crippen LogP contribution is 2.51. The summed E-state index contributed by atoms with van der Waals surface area (Å²) >= 11 is 8.07. The van der Waals surface area contributed by atoms with Crippen LogP contribution in [-0.4, -0.2) is 7.05 Å². The van der Waals surface area contributed by atoms with Crippen LogP contribution in [0.1, 0.15) is 49.9 Å². The van der Waals surface area contributed by atoms with Gasteiger partial charge in [-0.15, -0.1) is 11.3 Å². The fourth-order valence-corrected chi connectivity index (χ4v) is 4.57. The second-order valence-corrected chi connectivity index (χ2v) is 6.13. The molecule has 1 nitrogen and oxygen atoms in total. The Morgan fingerprint density at radius 2 is 2.19 bits per heavy atom. The first kappa shape index (κ1) is 12.4. The van der Waals surface area contributed by atoms with Crippen LogP contribution >= 0.6 is 22.9 Å². The second-order valence-electron chi connectivity index (χ2n) is 4.78. The molecular formula is C13H20ClNS. The van der Waals surface area contributed by atoms with Crippen molar-refractivity contribution in [3.05, 3.63) is 21.3 Å². The van der Waals surface area contributed by atoms with Crippen LogP contribution in [0.15, 0.2) is 11.4 Å². The molecule has 1 aromatic rings. The largest absolute Gasteiger partial charge is 0.312 e. The van der Waals surface area contributed by atoms with Crippen LogP contribution in [-0.2, 0) is 0 Å². The smallest absolute Gasteiger partial charge is 0.0561 e. The normalized spacial score (nSPS) is 21.2. The van der Waals surface area contributed by atoms with Crippen molar-refractivity contribution in [1.29, 1.82) is 0 Å². The van der Waals surface area contributed by atoms with E-state index in [1.54, 1.807) is 11.3 Å². The summed E-state index contributed by atoms with van der Waals surface area (Å²) in [6.07, 6.45) is 6.66.